The third-order valence-corrected chi connectivity index (χ3v) is 9.12. The van der Waals surface area contributed by atoms with Crippen molar-refractivity contribution >= 4 is 75.0 Å². The maximum Gasteiger partial charge on any atom is 0.235 e. The van der Waals surface area contributed by atoms with E-state index in [1.54, 1.807) is 0 Å². The summed E-state index contributed by atoms with van der Waals surface area (Å²) in [4.78, 5) is 10.4. The quantitative estimate of drug-likeness (QED) is 0.224. The summed E-state index contributed by atoms with van der Waals surface area (Å²) >= 11 is 1.85. The van der Waals surface area contributed by atoms with Crippen LogP contribution in [0.25, 0.3) is 80.9 Å². The third kappa shape index (κ3) is 3.05. The van der Waals surface area contributed by atoms with Gasteiger partial charge < -0.3 is 0 Å². The van der Waals surface area contributed by atoms with Crippen molar-refractivity contribution in [2.75, 3.05) is 0 Å². The average Bonchev–Trinajstić information content (AvgIpc) is 3.55. The Morgan fingerprint density at radius 3 is 2.15 bits per heavy atom. The van der Waals surface area contributed by atoms with Gasteiger partial charge in [-0.3, -0.25) is 4.57 Å². The number of para-hydroxylation sites is 2. The van der Waals surface area contributed by atoms with Crippen LogP contribution in [0.3, 0.4) is 0 Å². The average molecular weight is 528 g/mol. The zero-order valence-corrected chi connectivity index (χ0v) is 22.2. The molecule has 0 saturated heterocycles. The SMILES string of the molecule is c1ccc(-c2nc(-n3c4ccccc4c4ccc5cc6c(cc5c43)sc3ccccc36)nc3ccccc23)cc1. The largest absolute Gasteiger partial charge is 0.277 e. The molecule has 0 saturated carbocycles. The molecule has 0 aliphatic rings. The zero-order valence-electron chi connectivity index (χ0n) is 21.4. The molecule has 0 radical (unpaired) electrons. The first-order valence-corrected chi connectivity index (χ1v) is 14.2. The molecule has 0 amide bonds. The minimum atomic E-state index is 0.688. The Hall–Kier alpha value is -5.06. The van der Waals surface area contributed by atoms with Gasteiger partial charge in [-0.05, 0) is 35.7 Å². The summed E-state index contributed by atoms with van der Waals surface area (Å²) in [6, 6.07) is 45.2. The van der Waals surface area contributed by atoms with Gasteiger partial charge in [-0.15, -0.1) is 11.3 Å². The Bertz CT molecular complexity index is 2430. The molecule has 0 spiro atoms. The van der Waals surface area contributed by atoms with Gasteiger partial charge in [0.25, 0.3) is 0 Å². The maximum atomic E-state index is 5.27. The Labute approximate surface area is 233 Å². The number of thiophene rings is 1. The summed E-state index contributed by atoms with van der Waals surface area (Å²) in [6.45, 7) is 0. The van der Waals surface area contributed by atoms with Gasteiger partial charge in [0.15, 0.2) is 0 Å². The van der Waals surface area contributed by atoms with E-state index in [1.807, 2.05) is 23.5 Å². The van der Waals surface area contributed by atoms with Crippen LogP contribution in [-0.4, -0.2) is 14.5 Å². The van der Waals surface area contributed by atoms with E-state index in [4.69, 9.17) is 9.97 Å². The molecule has 3 aromatic heterocycles. The third-order valence-electron chi connectivity index (χ3n) is 7.99. The zero-order chi connectivity index (χ0) is 26.2. The second kappa shape index (κ2) is 8.22. The van der Waals surface area contributed by atoms with Crippen LogP contribution in [0, 0.1) is 0 Å². The number of rotatable bonds is 2. The topological polar surface area (TPSA) is 30.7 Å². The first kappa shape index (κ1) is 21.8. The van der Waals surface area contributed by atoms with Gasteiger partial charge in [-0.25, -0.2) is 9.97 Å². The number of fused-ring (bicyclic) bond motifs is 9. The first-order chi connectivity index (χ1) is 19.8. The lowest BCUT2D eigenvalue weighted by atomic mass is 10.0. The molecule has 0 atom stereocenters. The normalized spacial score (nSPS) is 12.0. The fraction of sp³-hybridized carbons (Fsp3) is 0. The van der Waals surface area contributed by atoms with Crippen molar-refractivity contribution in [2.45, 2.75) is 0 Å². The highest BCUT2D eigenvalue weighted by Gasteiger charge is 2.19. The lowest BCUT2D eigenvalue weighted by molar-refractivity contribution is 1.02. The molecule has 0 bridgehead atoms. The smallest absolute Gasteiger partial charge is 0.235 e. The van der Waals surface area contributed by atoms with Crippen molar-refractivity contribution in [1.82, 2.24) is 14.5 Å². The second-order valence-corrected chi connectivity index (χ2v) is 11.3. The van der Waals surface area contributed by atoms with Gasteiger partial charge in [0.05, 0.1) is 22.2 Å². The summed E-state index contributed by atoms with van der Waals surface area (Å²) in [5.41, 5.74) is 5.21. The predicted molar refractivity (Wildman–Crippen MR) is 170 cm³/mol. The van der Waals surface area contributed by atoms with Gasteiger partial charge in [-0.2, -0.15) is 0 Å². The molecular weight excluding hydrogens is 506 g/mol. The molecule has 6 aromatic carbocycles. The minimum absolute atomic E-state index is 0.688. The molecule has 9 aromatic rings. The Morgan fingerprint density at radius 1 is 0.500 bits per heavy atom. The van der Waals surface area contributed by atoms with Gasteiger partial charge in [0.2, 0.25) is 5.95 Å². The van der Waals surface area contributed by atoms with Crippen molar-refractivity contribution in [1.29, 1.82) is 0 Å². The highest BCUT2D eigenvalue weighted by atomic mass is 32.1. The van der Waals surface area contributed by atoms with E-state index in [-0.39, 0.29) is 0 Å². The first-order valence-electron chi connectivity index (χ1n) is 13.4. The highest BCUT2D eigenvalue weighted by Crippen LogP contribution is 2.41. The van der Waals surface area contributed by atoms with Crippen LogP contribution < -0.4 is 0 Å². The molecule has 0 unspecified atom stereocenters. The van der Waals surface area contributed by atoms with E-state index >= 15 is 0 Å². The van der Waals surface area contributed by atoms with Crippen molar-refractivity contribution in [3.63, 3.8) is 0 Å². The van der Waals surface area contributed by atoms with Crippen molar-refractivity contribution in [2.24, 2.45) is 0 Å². The van der Waals surface area contributed by atoms with Gasteiger partial charge >= 0.3 is 0 Å². The molecule has 186 valence electrons. The van der Waals surface area contributed by atoms with Crippen LogP contribution in [0.15, 0.2) is 127 Å². The molecular formula is C36H21N3S. The molecule has 3 nitrogen and oxygen atoms in total. The molecule has 3 heterocycles. The fourth-order valence-electron chi connectivity index (χ4n) is 6.19. The lowest BCUT2D eigenvalue weighted by Gasteiger charge is -2.12. The molecule has 0 N–H and O–H groups in total. The Morgan fingerprint density at radius 2 is 1.25 bits per heavy atom. The van der Waals surface area contributed by atoms with Crippen molar-refractivity contribution in [3.8, 4) is 17.2 Å². The molecule has 0 aliphatic carbocycles. The van der Waals surface area contributed by atoms with Crippen LogP contribution in [0.1, 0.15) is 0 Å². The number of benzene rings is 6. The van der Waals surface area contributed by atoms with Crippen LogP contribution >= 0.6 is 11.3 Å². The van der Waals surface area contributed by atoms with E-state index < -0.39 is 0 Å². The van der Waals surface area contributed by atoms with E-state index in [0.29, 0.717) is 5.95 Å². The van der Waals surface area contributed by atoms with Crippen molar-refractivity contribution in [3.05, 3.63) is 127 Å². The predicted octanol–water partition coefficient (Wildman–Crippen LogP) is 9.91. The van der Waals surface area contributed by atoms with Gasteiger partial charge in [0, 0.05) is 47.3 Å². The van der Waals surface area contributed by atoms with Crippen LogP contribution in [0.4, 0.5) is 0 Å². The fourth-order valence-corrected chi connectivity index (χ4v) is 7.32. The number of nitrogens with zero attached hydrogens (tertiary/aromatic N) is 3. The highest BCUT2D eigenvalue weighted by molar-refractivity contribution is 7.25. The molecule has 0 aliphatic heterocycles. The standard InChI is InChI=1S/C36H21N3S/c1-2-10-22(11-3-1)34-27-14-4-7-15-30(27)37-36(38-34)39-31-16-8-5-12-24(31)26-19-18-23-20-29-25-13-6-9-17-32(25)40-33(29)21-28(23)35(26)39/h1-21H. The summed E-state index contributed by atoms with van der Waals surface area (Å²) in [5, 5.41) is 8.52. The van der Waals surface area contributed by atoms with E-state index in [1.165, 1.54) is 41.7 Å². The van der Waals surface area contributed by atoms with E-state index in [2.05, 4.69) is 120 Å². The number of hydrogen-bond acceptors (Lipinski definition) is 3. The van der Waals surface area contributed by atoms with Crippen LogP contribution in [0.2, 0.25) is 0 Å². The summed E-state index contributed by atoms with van der Waals surface area (Å²) in [7, 11) is 0. The van der Waals surface area contributed by atoms with Crippen molar-refractivity contribution < 1.29 is 0 Å². The van der Waals surface area contributed by atoms with E-state index in [9.17, 15) is 0 Å². The van der Waals surface area contributed by atoms with Crippen LogP contribution in [-0.2, 0) is 0 Å². The number of hydrogen-bond donors (Lipinski definition) is 0. The molecule has 40 heavy (non-hydrogen) atoms. The van der Waals surface area contributed by atoms with Gasteiger partial charge in [0.1, 0.15) is 0 Å². The molecule has 4 heteroatoms. The lowest BCUT2D eigenvalue weighted by Crippen LogP contribution is -2.03. The maximum absolute atomic E-state index is 5.27. The monoisotopic (exact) mass is 527 g/mol. The summed E-state index contributed by atoms with van der Waals surface area (Å²) < 4.78 is 4.88. The Balaban J connectivity index is 1.45. The van der Waals surface area contributed by atoms with E-state index in [0.717, 1.165) is 33.2 Å². The van der Waals surface area contributed by atoms with Crippen LogP contribution in [0.5, 0.6) is 0 Å². The Kier molecular flexibility index (Phi) is 4.48. The molecule has 9 rings (SSSR count). The minimum Gasteiger partial charge on any atom is -0.277 e. The second-order valence-electron chi connectivity index (χ2n) is 10.2. The van der Waals surface area contributed by atoms with Gasteiger partial charge in [-0.1, -0.05) is 97.1 Å². The number of aromatic nitrogens is 3. The summed E-state index contributed by atoms with van der Waals surface area (Å²) in [6.07, 6.45) is 0. The summed E-state index contributed by atoms with van der Waals surface area (Å²) in [5.74, 6) is 0.688. The molecule has 0 fully saturated rings.